The fourth-order valence-electron chi connectivity index (χ4n) is 0. The van der Waals surface area contributed by atoms with Crippen LogP contribution in [0.2, 0.25) is 0 Å². The van der Waals surface area contributed by atoms with Crippen molar-refractivity contribution in [2.24, 2.45) is 5.14 Å². The molecule has 0 aliphatic carbocycles. The predicted octanol–water partition coefficient (Wildman–Crippen LogP) is -2.01. The Morgan fingerprint density at radius 3 is 1.29 bits per heavy atom. The van der Waals surface area contributed by atoms with Crippen LogP contribution in [0, 0.1) is 0 Å². The van der Waals surface area contributed by atoms with Crippen molar-refractivity contribution < 1.29 is 13.0 Å². The van der Waals surface area contributed by atoms with Crippen LogP contribution in [0.25, 0.3) is 0 Å². The van der Waals surface area contributed by atoms with Gasteiger partial charge in [-0.25, -0.2) is 5.14 Å². The average molecular weight is 143 g/mol. The zero-order valence-electron chi connectivity index (χ0n) is 4.25. The molecule has 0 aromatic rings. The fourth-order valence-corrected chi connectivity index (χ4v) is 0. The van der Waals surface area contributed by atoms with Gasteiger partial charge in [-0.1, -0.05) is 0 Å². The van der Waals surface area contributed by atoms with E-state index >= 15 is 0 Å². The molecule has 0 aliphatic rings. The molecule has 0 rings (SSSR count). The molecule has 0 bridgehead atoms. The Morgan fingerprint density at radius 2 is 1.29 bits per heavy atom. The molecular formula is H3NNa2O3S. The Hall–Kier alpha value is 1.87. The molecule has 0 unspecified atom stereocenters. The van der Waals surface area contributed by atoms with Gasteiger partial charge in [-0.2, -0.15) is 8.42 Å². The van der Waals surface area contributed by atoms with Gasteiger partial charge in [0.15, 0.2) is 0 Å². The van der Waals surface area contributed by atoms with Crippen LogP contribution in [-0.2, 0) is 10.3 Å². The predicted molar refractivity (Wildman–Crippen MR) is 27.2 cm³/mol. The quantitative estimate of drug-likeness (QED) is 0.303. The van der Waals surface area contributed by atoms with Crippen LogP contribution in [0.1, 0.15) is 0 Å². The van der Waals surface area contributed by atoms with Crippen molar-refractivity contribution >= 4 is 69.4 Å². The number of nitrogens with two attached hydrogens (primary N) is 1. The van der Waals surface area contributed by atoms with Gasteiger partial charge in [-0.3, -0.25) is 4.55 Å². The van der Waals surface area contributed by atoms with E-state index in [-0.39, 0.29) is 59.1 Å². The van der Waals surface area contributed by atoms with Crippen molar-refractivity contribution in [2.75, 3.05) is 0 Å². The monoisotopic (exact) mass is 143 g/mol. The summed E-state index contributed by atoms with van der Waals surface area (Å²) in [7, 11) is -4.17. The van der Waals surface area contributed by atoms with E-state index in [1.54, 1.807) is 0 Å². The smallest absolute Gasteiger partial charge is 0.274 e. The van der Waals surface area contributed by atoms with Gasteiger partial charge in [0.05, 0.1) is 0 Å². The van der Waals surface area contributed by atoms with Crippen molar-refractivity contribution in [1.29, 1.82) is 0 Å². The van der Waals surface area contributed by atoms with Gasteiger partial charge in [0, 0.05) is 59.1 Å². The molecule has 0 amide bonds. The van der Waals surface area contributed by atoms with Gasteiger partial charge in [-0.05, 0) is 0 Å². The van der Waals surface area contributed by atoms with Gasteiger partial charge < -0.3 is 0 Å². The molecule has 34 valence electrons. The summed E-state index contributed by atoms with van der Waals surface area (Å²) in [4.78, 5) is 0. The van der Waals surface area contributed by atoms with E-state index in [4.69, 9.17) is 13.0 Å². The third-order valence-corrected chi connectivity index (χ3v) is 0. The summed E-state index contributed by atoms with van der Waals surface area (Å²) in [5.74, 6) is 0. The van der Waals surface area contributed by atoms with E-state index in [2.05, 4.69) is 5.14 Å². The average Bonchev–Trinajstić information content (AvgIpc) is 0.722. The van der Waals surface area contributed by atoms with E-state index in [0.29, 0.717) is 0 Å². The SMILES string of the molecule is NS(=O)(=O)O.[Na].[Na]. The summed E-state index contributed by atoms with van der Waals surface area (Å²) in [5.41, 5.74) is 0. The first kappa shape index (κ1) is 15.9. The van der Waals surface area contributed by atoms with Crippen LogP contribution >= 0.6 is 0 Å². The van der Waals surface area contributed by atoms with Crippen molar-refractivity contribution in [3.05, 3.63) is 0 Å². The molecule has 0 aliphatic heterocycles. The summed E-state index contributed by atoms with van der Waals surface area (Å²) in [6, 6.07) is 0. The fraction of sp³-hybridized carbons (Fsp3) is 0. The maximum Gasteiger partial charge on any atom is 0.330 e. The second-order valence-corrected chi connectivity index (χ2v) is 1.54. The van der Waals surface area contributed by atoms with Crippen molar-refractivity contribution in [2.45, 2.75) is 0 Å². The third kappa shape index (κ3) is 77.5. The first-order valence-electron chi connectivity index (χ1n) is 0.752. The summed E-state index contributed by atoms with van der Waals surface area (Å²) >= 11 is 0. The molecule has 0 saturated heterocycles. The Kier molecular flexibility index (Phi) is 13.7. The molecule has 7 heteroatoms. The van der Waals surface area contributed by atoms with E-state index in [1.165, 1.54) is 0 Å². The van der Waals surface area contributed by atoms with Crippen LogP contribution in [0.15, 0.2) is 0 Å². The summed E-state index contributed by atoms with van der Waals surface area (Å²) in [5, 5.41) is 3.88. The van der Waals surface area contributed by atoms with Crippen LogP contribution in [-0.4, -0.2) is 72.1 Å². The first-order valence-corrected chi connectivity index (χ1v) is 2.25. The molecule has 0 fully saturated rings. The number of hydrogen-bond donors (Lipinski definition) is 2. The molecule has 0 aromatic heterocycles. The molecule has 4 nitrogen and oxygen atoms in total. The minimum absolute atomic E-state index is 0. The molecule has 2 radical (unpaired) electrons. The summed E-state index contributed by atoms with van der Waals surface area (Å²) in [6.07, 6.45) is 0. The molecule has 0 heterocycles. The second kappa shape index (κ2) is 6.00. The molecular weight excluding hydrogens is 140 g/mol. The zero-order chi connectivity index (χ0) is 4.50. The van der Waals surface area contributed by atoms with Crippen LogP contribution < -0.4 is 5.14 Å². The van der Waals surface area contributed by atoms with Gasteiger partial charge in [0.25, 0.3) is 0 Å². The maximum absolute atomic E-state index is 8.97. The molecule has 7 heavy (non-hydrogen) atoms. The van der Waals surface area contributed by atoms with E-state index in [9.17, 15) is 0 Å². The molecule has 3 N–H and O–H groups in total. The largest absolute Gasteiger partial charge is 0.330 e. The van der Waals surface area contributed by atoms with Crippen LogP contribution in [0.5, 0.6) is 0 Å². The van der Waals surface area contributed by atoms with Gasteiger partial charge in [0.2, 0.25) is 0 Å². The van der Waals surface area contributed by atoms with Crippen molar-refractivity contribution in [1.82, 2.24) is 0 Å². The molecule has 0 aromatic carbocycles. The standard InChI is InChI=1S/H3NO3S.2Na/c1-5(2,3)4;;/h(H3,1,2,3,4);;. The first-order chi connectivity index (χ1) is 2.00. The third-order valence-electron chi connectivity index (χ3n) is 0. The van der Waals surface area contributed by atoms with E-state index < -0.39 is 10.3 Å². The number of hydrogen-bond acceptors (Lipinski definition) is 2. The van der Waals surface area contributed by atoms with Gasteiger partial charge >= 0.3 is 10.3 Å². The summed E-state index contributed by atoms with van der Waals surface area (Å²) < 4.78 is 25.2. The van der Waals surface area contributed by atoms with Crippen LogP contribution in [0.4, 0.5) is 0 Å². The van der Waals surface area contributed by atoms with Gasteiger partial charge in [-0.15, -0.1) is 0 Å². The van der Waals surface area contributed by atoms with E-state index in [1.807, 2.05) is 0 Å². The Labute approximate surface area is 86.3 Å². The number of rotatable bonds is 0. The minimum atomic E-state index is -4.17. The second-order valence-electron chi connectivity index (χ2n) is 0.515. The molecule has 0 saturated carbocycles. The molecule has 0 atom stereocenters. The van der Waals surface area contributed by atoms with Crippen molar-refractivity contribution in [3.8, 4) is 0 Å². The normalized spacial score (nSPS) is 8.29. The van der Waals surface area contributed by atoms with Gasteiger partial charge in [0.1, 0.15) is 0 Å². The van der Waals surface area contributed by atoms with Crippen molar-refractivity contribution in [3.63, 3.8) is 0 Å². The summed E-state index contributed by atoms with van der Waals surface area (Å²) in [6.45, 7) is 0. The minimum Gasteiger partial charge on any atom is -0.274 e. The Balaban J connectivity index is -0.0000000800. The Morgan fingerprint density at radius 1 is 1.29 bits per heavy atom. The van der Waals surface area contributed by atoms with Crippen LogP contribution in [0.3, 0.4) is 0 Å². The Bertz CT molecular complexity index is 96.1. The maximum atomic E-state index is 8.97. The van der Waals surface area contributed by atoms with E-state index in [0.717, 1.165) is 0 Å². The molecule has 0 spiro atoms. The zero-order valence-corrected chi connectivity index (χ0v) is 9.07. The topological polar surface area (TPSA) is 80.4 Å².